The number of nitrogens with one attached hydrogen (secondary N) is 1. The number of aryl methyl sites for hydroxylation is 1. The average Bonchev–Trinajstić information content (AvgIpc) is 2.78. The molecule has 0 aliphatic carbocycles. The summed E-state index contributed by atoms with van der Waals surface area (Å²) in [5, 5.41) is 5.90. The van der Waals surface area contributed by atoms with Gasteiger partial charge in [-0.2, -0.15) is 0 Å². The standard InChI is InChI=1S/C15H13NO.ClH/c1-2-6-14-10(4-1)11-7-8-13-12(15(11)17-14)5-3-9-16-13;/h1-2,4,6-8,16H,3,5,9H2;1H. The average molecular weight is 260 g/mol. The zero-order valence-corrected chi connectivity index (χ0v) is 10.7. The van der Waals surface area contributed by atoms with E-state index < -0.39 is 0 Å². The summed E-state index contributed by atoms with van der Waals surface area (Å²) in [5.41, 5.74) is 4.63. The van der Waals surface area contributed by atoms with E-state index in [0.717, 1.165) is 24.1 Å². The molecule has 1 aliphatic heterocycles. The lowest BCUT2D eigenvalue weighted by molar-refractivity contribution is 0.658. The van der Waals surface area contributed by atoms with E-state index >= 15 is 0 Å². The van der Waals surface area contributed by atoms with Crippen LogP contribution < -0.4 is 5.32 Å². The summed E-state index contributed by atoms with van der Waals surface area (Å²) in [4.78, 5) is 0. The van der Waals surface area contributed by atoms with E-state index in [0.29, 0.717) is 0 Å². The van der Waals surface area contributed by atoms with Crippen molar-refractivity contribution in [2.45, 2.75) is 12.8 Å². The van der Waals surface area contributed by atoms with Crippen molar-refractivity contribution < 1.29 is 4.42 Å². The number of halogens is 1. The molecule has 3 heteroatoms. The maximum atomic E-state index is 6.01. The number of anilines is 1. The van der Waals surface area contributed by atoms with Gasteiger partial charge in [0.1, 0.15) is 11.2 Å². The molecule has 92 valence electrons. The number of hydrogen-bond donors (Lipinski definition) is 1. The summed E-state index contributed by atoms with van der Waals surface area (Å²) in [7, 11) is 0. The summed E-state index contributed by atoms with van der Waals surface area (Å²) in [6.07, 6.45) is 2.29. The largest absolute Gasteiger partial charge is 0.456 e. The van der Waals surface area contributed by atoms with Crippen molar-refractivity contribution >= 4 is 40.0 Å². The van der Waals surface area contributed by atoms with Gasteiger partial charge < -0.3 is 9.73 Å². The summed E-state index contributed by atoms with van der Waals surface area (Å²) < 4.78 is 6.01. The van der Waals surface area contributed by atoms with E-state index in [1.807, 2.05) is 12.1 Å². The number of fused-ring (bicyclic) bond motifs is 5. The molecule has 1 N–H and O–H groups in total. The second-order valence-corrected chi connectivity index (χ2v) is 4.60. The molecule has 18 heavy (non-hydrogen) atoms. The fraction of sp³-hybridized carbons (Fsp3) is 0.200. The Bertz CT molecular complexity index is 717. The van der Waals surface area contributed by atoms with Crippen LogP contribution in [0.5, 0.6) is 0 Å². The first-order valence-corrected chi connectivity index (χ1v) is 6.10. The molecule has 4 rings (SSSR count). The van der Waals surface area contributed by atoms with Gasteiger partial charge >= 0.3 is 0 Å². The Labute approximate surface area is 111 Å². The van der Waals surface area contributed by atoms with Crippen LogP contribution in [0.15, 0.2) is 40.8 Å². The minimum Gasteiger partial charge on any atom is -0.456 e. The van der Waals surface area contributed by atoms with Crippen LogP contribution in [0.25, 0.3) is 21.9 Å². The summed E-state index contributed by atoms with van der Waals surface area (Å²) in [6.45, 7) is 1.07. The van der Waals surface area contributed by atoms with Crippen LogP contribution >= 0.6 is 12.4 Å². The number of para-hydroxylation sites is 1. The molecular weight excluding hydrogens is 246 g/mol. The highest BCUT2D eigenvalue weighted by molar-refractivity contribution is 6.07. The molecule has 2 heterocycles. The Kier molecular flexibility index (Phi) is 2.67. The molecule has 3 aromatic rings. The molecule has 0 spiro atoms. The summed E-state index contributed by atoms with van der Waals surface area (Å²) in [5.74, 6) is 0. The molecule has 0 amide bonds. The highest BCUT2D eigenvalue weighted by Gasteiger charge is 2.16. The van der Waals surface area contributed by atoms with Gasteiger partial charge in [-0.05, 0) is 31.0 Å². The van der Waals surface area contributed by atoms with Crippen molar-refractivity contribution in [3.05, 3.63) is 42.0 Å². The van der Waals surface area contributed by atoms with E-state index in [4.69, 9.17) is 4.42 Å². The van der Waals surface area contributed by atoms with Crippen LogP contribution in [0, 0.1) is 0 Å². The molecule has 2 aromatic carbocycles. The molecule has 0 saturated carbocycles. The Balaban J connectivity index is 0.000001000. The third-order valence-corrected chi connectivity index (χ3v) is 3.57. The molecule has 0 unspecified atom stereocenters. The number of hydrogen-bond acceptors (Lipinski definition) is 2. The van der Waals surface area contributed by atoms with Gasteiger partial charge in [0.05, 0.1) is 0 Å². The smallest absolute Gasteiger partial charge is 0.140 e. The van der Waals surface area contributed by atoms with Crippen molar-refractivity contribution in [1.82, 2.24) is 0 Å². The molecule has 0 fully saturated rings. The third kappa shape index (κ3) is 1.49. The number of furan rings is 1. The first-order valence-electron chi connectivity index (χ1n) is 6.10. The van der Waals surface area contributed by atoms with E-state index in [1.54, 1.807) is 0 Å². The van der Waals surface area contributed by atoms with Gasteiger partial charge in [0.25, 0.3) is 0 Å². The van der Waals surface area contributed by atoms with Crippen LogP contribution in [0.1, 0.15) is 12.0 Å². The van der Waals surface area contributed by atoms with Gasteiger partial charge in [0.15, 0.2) is 0 Å². The maximum absolute atomic E-state index is 6.01. The van der Waals surface area contributed by atoms with E-state index in [1.165, 1.54) is 28.4 Å². The zero-order valence-electron chi connectivity index (χ0n) is 9.90. The van der Waals surface area contributed by atoms with Gasteiger partial charge in [-0.3, -0.25) is 0 Å². The van der Waals surface area contributed by atoms with Crippen molar-refractivity contribution in [3.8, 4) is 0 Å². The van der Waals surface area contributed by atoms with Gasteiger partial charge in [-0.25, -0.2) is 0 Å². The molecule has 2 nitrogen and oxygen atoms in total. The first-order chi connectivity index (χ1) is 8.43. The van der Waals surface area contributed by atoms with Gasteiger partial charge in [0.2, 0.25) is 0 Å². The van der Waals surface area contributed by atoms with E-state index in [2.05, 4.69) is 29.6 Å². The fourth-order valence-corrected chi connectivity index (χ4v) is 2.75. The highest BCUT2D eigenvalue weighted by Crippen LogP contribution is 2.36. The summed E-state index contributed by atoms with van der Waals surface area (Å²) >= 11 is 0. The molecular formula is C15H14ClNO. The predicted octanol–water partition coefficient (Wildman–Crippen LogP) is 4.37. The van der Waals surface area contributed by atoms with Crippen LogP contribution in [0.4, 0.5) is 5.69 Å². The van der Waals surface area contributed by atoms with E-state index in [9.17, 15) is 0 Å². The first kappa shape index (κ1) is 11.4. The van der Waals surface area contributed by atoms with E-state index in [-0.39, 0.29) is 12.4 Å². The van der Waals surface area contributed by atoms with Crippen LogP contribution in [-0.4, -0.2) is 6.54 Å². The van der Waals surface area contributed by atoms with Crippen molar-refractivity contribution in [2.24, 2.45) is 0 Å². The van der Waals surface area contributed by atoms with Crippen molar-refractivity contribution in [3.63, 3.8) is 0 Å². The normalized spacial score (nSPS) is 14.0. The quantitative estimate of drug-likeness (QED) is 0.649. The minimum absolute atomic E-state index is 0. The third-order valence-electron chi connectivity index (χ3n) is 3.57. The van der Waals surface area contributed by atoms with Crippen molar-refractivity contribution in [1.29, 1.82) is 0 Å². The monoisotopic (exact) mass is 259 g/mol. The van der Waals surface area contributed by atoms with Crippen molar-refractivity contribution in [2.75, 3.05) is 11.9 Å². The minimum atomic E-state index is 0. The second kappa shape index (κ2) is 4.21. The lowest BCUT2D eigenvalue weighted by atomic mass is 10.0. The van der Waals surface area contributed by atoms with Gasteiger partial charge in [-0.15, -0.1) is 12.4 Å². The zero-order chi connectivity index (χ0) is 11.2. The van der Waals surface area contributed by atoms with Crippen LogP contribution in [0.2, 0.25) is 0 Å². The highest BCUT2D eigenvalue weighted by atomic mass is 35.5. The van der Waals surface area contributed by atoms with Gasteiger partial charge in [-0.1, -0.05) is 18.2 Å². The predicted molar refractivity (Wildman–Crippen MR) is 77.8 cm³/mol. The second-order valence-electron chi connectivity index (χ2n) is 4.60. The molecule has 1 aliphatic rings. The Morgan fingerprint density at radius 2 is 1.89 bits per heavy atom. The molecule has 0 radical (unpaired) electrons. The van der Waals surface area contributed by atoms with Crippen LogP contribution in [-0.2, 0) is 6.42 Å². The Hall–Kier alpha value is -1.67. The number of benzene rings is 2. The topological polar surface area (TPSA) is 25.2 Å². The molecule has 0 atom stereocenters. The van der Waals surface area contributed by atoms with Gasteiger partial charge in [0, 0.05) is 28.6 Å². The lowest BCUT2D eigenvalue weighted by Gasteiger charge is -2.17. The summed E-state index contributed by atoms with van der Waals surface area (Å²) in [6, 6.07) is 12.6. The fourth-order valence-electron chi connectivity index (χ4n) is 2.75. The SMILES string of the molecule is Cl.c1ccc2c(c1)oc1c3c(ccc12)NCCC3. The Morgan fingerprint density at radius 3 is 2.83 bits per heavy atom. The Morgan fingerprint density at radius 1 is 1.00 bits per heavy atom. The lowest BCUT2D eigenvalue weighted by Crippen LogP contribution is -2.11. The maximum Gasteiger partial charge on any atom is 0.140 e. The molecule has 1 aromatic heterocycles. The molecule has 0 saturated heterocycles. The number of rotatable bonds is 0. The van der Waals surface area contributed by atoms with Crippen LogP contribution in [0.3, 0.4) is 0 Å². The molecule has 0 bridgehead atoms.